The van der Waals surface area contributed by atoms with Gasteiger partial charge in [-0.25, -0.2) is 4.79 Å². The molecule has 1 heterocycles. The molecule has 1 saturated carbocycles. The van der Waals surface area contributed by atoms with Gasteiger partial charge in [0.1, 0.15) is 11.9 Å². The molecule has 0 bridgehead atoms. The zero-order valence-corrected chi connectivity index (χ0v) is 15.1. The number of carbonyl (C=O) groups is 1. The van der Waals surface area contributed by atoms with Crippen molar-refractivity contribution in [1.82, 2.24) is 4.98 Å². The molecule has 3 aromatic rings. The van der Waals surface area contributed by atoms with E-state index in [1.807, 2.05) is 30.3 Å². The second-order valence-electron chi connectivity index (χ2n) is 6.65. The highest BCUT2D eigenvalue weighted by Gasteiger charge is 2.33. The summed E-state index contributed by atoms with van der Waals surface area (Å²) in [5, 5.41) is 1.58. The third-order valence-corrected chi connectivity index (χ3v) is 4.87. The highest BCUT2D eigenvalue weighted by molar-refractivity contribution is 6.06. The lowest BCUT2D eigenvalue weighted by molar-refractivity contribution is -0.0862. The fraction of sp³-hybridized carbons (Fsp3) is 0.273. The number of ether oxygens (including phenoxy) is 3. The van der Waals surface area contributed by atoms with Crippen LogP contribution in [0.25, 0.3) is 10.8 Å². The Kier molecular flexibility index (Phi) is 5.03. The quantitative estimate of drug-likeness (QED) is 0.616. The van der Waals surface area contributed by atoms with E-state index in [2.05, 4.69) is 4.98 Å². The first-order chi connectivity index (χ1) is 13.2. The minimum absolute atomic E-state index is 0.0998. The number of carbonyl (C=O) groups excluding carboxylic acids is 1. The number of rotatable bonds is 6. The van der Waals surface area contributed by atoms with Gasteiger partial charge in [-0.3, -0.25) is 4.98 Å². The Labute approximate surface area is 157 Å². The number of esters is 1. The van der Waals surface area contributed by atoms with Gasteiger partial charge in [-0.1, -0.05) is 30.3 Å². The van der Waals surface area contributed by atoms with E-state index in [9.17, 15) is 4.79 Å². The van der Waals surface area contributed by atoms with Crippen LogP contribution in [0.5, 0.6) is 5.75 Å². The predicted molar refractivity (Wildman–Crippen MR) is 102 cm³/mol. The van der Waals surface area contributed by atoms with Crippen LogP contribution in [0.3, 0.4) is 0 Å². The normalized spacial score (nSPS) is 18.7. The molecule has 2 aromatic carbocycles. The zero-order valence-electron chi connectivity index (χ0n) is 15.1. The molecular formula is C22H21NO4. The number of pyridine rings is 1. The molecule has 0 unspecified atom stereocenters. The topological polar surface area (TPSA) is 57.7 Å². The summed E-state index contributed by atoms with van der Waals surface area (Å²) < 4.78 is 16.9. The number of fused-ring (bicyclic) bond motifs is 1. The Morgan fingerprint density at radius 3 is 2.63 bits per heavy atom. The summed E-state index contributed by atoms with van der Waals surface area (Å²) in [6.07, 6.45) is 4.86. The second kappa shape index (κ2) is 7.76. The van der Waals surface area contributed by atoms with Gasteiger partial charge in [-0.2, -0.15) is 0 Å². The van der Waals surface area contributed by atoms with Gasteiger partial charge in [0.2, 0.25) is 0 Å². The molecule has 1 fully saturated rings. The Balaban J connectivity index is 1.35. The van der Waals surface area contributed by atoms with E-state index in [1.54, 1.807) is 37.7 Å². The molecule has 4 rings (SSSR count). The smallest absolute Gasteiger partial charge is 0.339 e. The number of hydrogen-bond donors (Lipinski definition) is 0. The maximum Gasteiger partial charge on any atom is 0.339 e. The molecule has 1 aliphatic carbocycles. The molecule has 0 radical (unpaired) electrons. The van der Waals surface area contributed by atoms with Crippen LogP contribution in [0.15, 0.2) is 60.9 Å². The van der Waals surface area contributed by atoms with Gasteiger partial charge in [-0.15, -0.1) is 0 Å². The maximum absolute atomic E-state index is 12.6. The van der Waals surface area contributed by atoms with Gasteiger partial charge in [-0.05, 0) is 23.8 Å². The molecule has 1 aliphatic rings. The van der Waals surface area contributed by atoms with Crippen molar-refractivity contribution in [3.63, 3.8) is 0 Å². The van der Waals surface area contributed by atoms with Crippen LogP contribution in [0.2, 0.25) is 0 Å². The number of aromatic nitrogens is 1. The van der Waals surface area contributed by atoms with Crippen molar-refractivity contribution in [3.8, 4) is 5.75 Å². The summed E-state index contributed by atoms with van der Waals surface area (Å²) in [6.45, 7) is 0.586. The molecule has 0 spiro atoms. The zero-order chi connectivity index (χ0) is 18.6. The van der Waals surface area contributed by atoms with Gasteiger partial charge in [0, 0.05) is 36.0 Å². The first-order valence-corrected chi connectivity index (χ1v) is 9.02. The van der Waals surface area contributed by atoms with E-state index >= 15 is 0 Å². The van der Waals surface area contributed by atoms with Gasteiger partial charge in [0.25, 0.3) is 0 Å². The molecule has 5 nitrogen and oxygen atoms in total. The van der Waals surface area contributed by atoms with Crippen LogP contribution in [-0.2, 0) is 16.1 Å². The average Bonchev–Trinajstić information content (AvgIpc) is 2.69. The molecule has 0 atom stereocenters. The third kappa shape index (κ3) is 3.78. The van der Waals surface area contributed by atoms with Crippen LogP contribution < -0.4 is 4.74 Å². The standard InChI is InChI=1S/C22H21NO4/c1-25-21-8-7-19(18-9-10-23-13-20(18)21)22(24)27-17-11-16(12-17)26-14-15-5-3-2-4-6-15/h2-10,13,16-17H,11-12,14H2,1H3. The first-order valence-electron chi connectivity index (χ1n) is 9.02. The minimum atomic E-state index is -0.319. The van der Waals surface area contributed by atoms with Gasteiger partial charge in [0.15, 0.2) is 0 Å². The van der Waals surface area contributed by atoms with Gasteiger partial charge in [0.05, 0.1) is 25.4 Å². The minimum Gasteiger partial charge on any atom is -0.496 e. The maximum atomic E-state index is 12.6. The largest absolute Gasteiger partial charge is 0.496 e. The lowest BCUT2D eigenvalue weighted by Gasteiger charge is -2.34. The van der Waals surface area contributed by atoms with Crippen LogP contribution in [0.1, 0.15) is 28.8 Å². The average molecular weight is 363 g/mol. The second-order valence-corrected chi connectivity index (χ2v) is 6.65. The number of methoxy groups -OCH3 is 1. The van der Waals surface area contributed by atoms with Crippen molar-refractivity contribution in [2.24, 2.45) is 0 Å². The molecule has 0 saturated heterocycles. The number of hydrogen-bond acceptors (Lipinski definition) is 5. The van der Waals surface area contributed by atoms with Crippen LogP contribution in [-0.4, -0.2) is 30.3 Å². The number of benzene rings is 2. The van der Waals surface area contributed by atoms with E-state index in [0.29, 0.717) is 17.9 Å². The van der Waals surface area contributed by atoms with Crippen LogP contribution in [0, 0.1) is 0 Å². The summed E-state index contributed by atoms with van der Waals surface area (Å²) in [5.74, 6) is 0.369. The Hall–Kier alpha value is -2.92. The van der Waals surface area contributed by atoms with Crippen molar-refractivity contribution in [3.05, 3.63) is 72.1 Å². The Bertz CT molecular complexity index is 935. The van der Waals surface area contributed by atoms with E-state index in [4.69, 9.17) is 14.2 Å². The summed E-state index contributed by atoms with van der Waals surface area (Å²) in [4.78, 5) is 16.7. The van der Waals surface area contributed by atoms with E-state index in [-0.39, 0.29) is 18.2 Å². The fourth-order valence-corrected chi connectivity index (χ4v) is 3.27. The molecule has 1 aromatic heterocycles. The molecule has 138 valence electrons. The van der Waals surface area contributed by atoms with E-state index in [0.717, 1.165) is 29.2 Å². The molecule has 0 N–H and O–H groups in total. The summed E-state index contributed by atoms with van der Waals surface area (Å²) in [6, 6.07) is 15.4. The predicted octanol–water partition coefficient (Wildman–Crippen LogP) is 4.15. The van der Waals surface area contributed by atoms with Gasteiger partial charge < -0.3 is 14.2 Å². The summed E-state index contributed by atoms with van der Waals surface area (Å²) >= 11 is 0. The molecule has 0 amide bonds. The van der Waals surface area contributed by atoms with E-state index in [1.165, 1.54) is 0 Å². The third-order valence-electron chi connectivity index (χ3n) is 4.87. The highest BCUT2D eigenvalue weighted by atomic mass is 16.6. The lowest BCUT2D eigenvalue weighted by Crippen LogP contribution is -2.38. The summed E-state index contributed by atoms with van der Waals surface area (Å²) in [7, 11) is 1.60. The fourth-order valence-electron chi connectivity index (χ4n) is 3.27. The Morgan fingerprint density at radius 1 is 1.04 bits per heavy atom. The molecule has 5 heteroatoms. The highest BCUT2D eigenvalue weighted by Crippen LogP contribution is 2.31. The Morgan fingerprint density at radius 2 is 1.85 bits per heavy atom. The van der Waals surface area contributed by atoms with Crippen LogP contribution in [0.4, 0.5) is 0 Å². The van der Waals surface area contributed by atoms with Crippen molar-refractivity contribution >= 4 is 16.7 Å². The molecule has 27 heavy (non-hydrogen) atoms. The SMILES string of the molecule is COc1ccc(C(=O)OC2CC(OCc3ccccc3)C2)c2ccncc12. The number of nitrogens with zero attached hydrogens (tertiary/aromatic N) is 1. The van der Waals surface area contributed by atoms with Crippen molar-refractivity contribution in [1.29, 1.82) is 0 Å². The summed E-state index contributed by atoms with van der Waals surface area (Å²) in [5.41, 5.74) is 1.68. The first kappa shape index (κ1) is 17.5. The monoisotopic (exact) mass is 363 g/mol. The lowest BCUT2D eigenvalue weighted by atomic mass is 9.91. The van der Waals surface area contributed by atoms with E-state index < -0.39 is 0 Å². The molecular weight excluding hydrogens is 342 g/mol. The van der Waals surface area contributed by atoms with Crippen molar-refractivity contribution in [2.75, 3.05) is 7.11 Å². The molecule has 0 aliphatic heterocycles. The van der Waals surface area contributed by atoms with Crippen molar-refractivity contribution in [2.45, 2.75) is 31.7 Å². The van der Waals surface area contributed by atoms with Crippen LogP contribution >= 0.6 is 0 Å². The van der Waals surface area contributed by atoms with Crippen molar-refractivity contribution < 1.29 is 19.0 Å². The van der Waals surface area contributed by atoms with Gasteiger partial charge >= 0.3 is 5.97 Å².